The van der Waals surface area contributed by atoms with Crippen LogP contribution in [0, 0.1) is 0 Å². The Hall–Kier alpha value is -2.89. The van der Waals surface area contributed by atoms with Crippen molar-refractivity contribution in [3.8, 4) is 0 Å². The molecule has 0 unspecified atom stereocenters. The van der Waals surface area contributed by atoms with E-state index in [0.717, 1.165) is 49.4 Å². The fraction of sp³-hybridized carbons (Fsp3) is 0.304. The summed E-state index contributed by atoms with van der Waals surface area (Å²) in [6, 6.07) is 3.08. The van der Waals surface area contributed by atoms with Crippen LogP contribution in [0.1, 0.15) is 40.0 Å². The molecule has 1 aromatic heterocycles. The van der Waals surface area contributed by atoms with E-state index in [0.29, 0.717) is 10.8 Å². The number of aliphatic imine (C=N–C) groups is 1. The topological polar surface area (TPSA) is 86.7 Å². The van der Waals surface area contributed by atoms with E-state index in [4.69, 9.17) is 23.2 Å². The molecule has 0 radical (unpaired) electrons. The van der Waals surface area contributed by atoms with E-state index >= 15 is 0 Å². The number of nitrogens with zero attached hydrogens (tertiary/aromatic N) is 3. The third kappa shape index (κ3) is 6.86. The fourth-order valence-electron chi connectivity index (χ4n) is 3.36. The maximum atomic E-state index is 13.0. The van der Waals surface area contributed by atoms with E-state index in [1.807, 2.05) is 4.90 Å². The van der Waals surface area contributed by atoms with Gasteiger partial charge in [-0.15, -0.1) is 11.3 Å². The lowest BCUT2D eigenvalue weighted by atomic mass is 10.2. The number of aromatic nitrogens is 1. The van der Waals surface area contributed by atoms with E-state index in [1.165, 1.54) is 18.5 Å². The van der Waals surface area contributed by atoms with Crippen LogP contribution in [0.3, 0.4) is 0 Å². The second-order valence-corrected chi connectivity index (χ2v) is 9.62. The third-order valence-corrected chi connectivity index (χ3v) is 6.97. The molecule has 13 heteroatoms. The molecular weight excluding hydrogens is 538 g/mol. The van der Waals surface area contributed by atoms with Gasteiger partial charge in [-0.25, -0.2) is 9.98 Å². The van der Waals surface area contributed by atoms with Crippen molar-refractivity contribution in [2.75, 3.05) is 18.4 Å². The highest BCUT2D eigenvalue weighted by Crippen LogP contribution is 2.36. The number of amides is 2. The van der Waals surface area contributed by atoms with Gasteiger partial charge in [0, 0.05) is 30.5 Å². The van der Waals surface area contributed by atoms with Crippen molar-refractivity contribution in [3.05, 3.63) is 68.3 Å². The fourth-order valence-corrected chi connectivity index (χ4v) is 4.59. The first-order valence-electron chi connectivity index (χ1n) is 10.7. The van der Waals surface area contributed by atoms with Crippen molar-refractivity contribution in [2.24, 2.45) is 4.99 Å². The predicted molar refractivity (Wildman–Crippen MR) is 135 cm³/mol. The van der Waals surface area contributed by atoms with Gasteiger partial charge in [-0.3, -0.25) is 9.59 Å². The maximum Gasteiger partial charge on any atom is 0.417 e. The van der Waals surface area contributed by atoms with Crippen molar-refractivity contribution in [1.29, 1.82) is 0 Å². The van der Waals surface area contributed by atoms with Crippen LogP contribution in [-0.2, 0) is 17.5 Å². The van der Waals surface area contributed by atoms with E-state index in [1.54, 1.807) is 6.92 Å². The molecule has 2 amide bonds. The number of hydrogen-bond acceptors (Lipinski definition) is 5. The Bertz CT molecular complexity index is 1220. The first-order chi connectivity index (χ1) is 17.0. The lowest BCUT2D eigenvalue weighted by Gasteiger charge is -2.20. The first kappa shape index (κ1) is 27.7. The number of rotatable bonds is 7. The van der Waals surface area contributed by atoms with Crippen molar-refractivity contribution in [1.82, 2.24) is 15.2 Å². The van der Waals surface area contributed by atoms with Crippen LogP contribution in [0.25, 0.3) is 0 Å². The SMILES string of the molecule is C=CN=C(/C(Cl)=C(\C)C(=O)NCc1ncc(C(=O)Nc2ccc(Cl)c(C(F)(F)F)c2)s1)N1CCCC1. The lowest BCUT2D eigenvalue weighted by Crippen LogP contribution is -2.31. The van der Waals surface area contributed by atoms with Crippen LogP contribution in [0.4, 0.5) is 18.9 Å². The number of alkyl halides is 3. The molecule has 3 rings (SSSR count). The van der Waals surface area contributed by atoms with E-state index < -0.39 is 28.6 Å². The highest BCUT2D eigenvalue weighted by atomic mass is 35.5. The van der Waals surface area contributed by atoms with Crippen molar-refractivity contribution in [3.63, 3.8) is 0 Å². The number of nitrogens with one attached hydrogen (secondary N) is 2. The normalized spacial score (nSPS) is 14.9. The molecular formula is C23H22Cl2F3N5O2S. The first-order valence-corrected chi connectivity index (χ1v) is 12.3. The van der Waals surface area contributed by atoms with Gasteiger partial charge in [0.1, 0.15) is 15.7 Å². The van der Waals surface area contributed by atoms with Crippen LogP contribution < -0.4 is 10.6 Å². The molecule has 2 heterocycles. The summed E-state index contributed by atoms with van der Waals surface area (Å²) in [4.78, 5) is 35.6. The van der Waals surface area contributed by atoms with Crippen LogP contribution in [0.5, 0.6) is 0 Å². The molecule has 1 aromatic carbocycles. The van der Waals surface area contributed by atoms with Crippen molar-refractivity contribution < 1.29 is 22.8 Å². The Morgan fingerprint density at radius 2 is 2.00 bits per heavy atom. The van der Waals surface area contributed by atoms with E-state index in [2.05, 4.69) is 27.2 Å². The minimum atomic E-state index is -4.66. The number of benzene rings is 1. The van der Waals surface area contributed by atoms with Gasteiger partial charge in [0.05, 0.1) is 28.4 Å². The van der Waals surface area contributed by atoms with Crippen molar-refractivity contribution in [2.45, 2.75) is 32.5 Å². The zero-order valence-corrected chi connectivity index (χ0v) is 21.4. The van der Waals surface area contributed by atoms with Gasteiger partial charge in [0.25, 0.3) is 5.91 Å². The minimum absolute atomic E-state index is 0.0229. The van der Waals surface area contributed by atoms with Gasteiger partial charge in [-0.05, 0) is 38.0 Å². The van der Waals surface area contributed by atoms with Gasteiger partial charge >= 0.3 is 6.18 Å². The number of halogens is 5. The molecule has 1 fully saturated rings. The monoisotopic (exact) mass is 559 g/mol. The molecule has 0 saturated carbocycles. The summed E-state index contributed by atoms with van der Waals surface area (Å²) in [7, 11) is 0. The number of hydrogen-bond donors (Lipinski definition) is 2. The largest absolute Gasteiger partial charge is 0.417 e. The summed E-state index contributed by atoms with van der Waals surface area (Å²) in [6.45, 7) is 6.78. The molecule has 1 aliphatic heterocycles. The number of likely N-dealkylation sites (tertiary alicyclic amines) is 1. The molecule has 36 heavy (non-hydrogen) atoms. The summed E-state index contributed by atoms with van der Waals surface area (Å²) in [5.74, 6) is -0.588. The second kappa shape index (κ2) is 11.9. The van der Waals surface area contributed by atoms with Gasteiger partial charge in [0.2, 0.25) is 5.91 Å². The molecule has 0 atom stereocenters. The van der Waals surface area contributed by atoms with Gasteiger partial charge in [-0.1, -0.05) is 29.8 Å². The summed E-state index contributed by atoms with van der Waals surface area (Å²) in [5.41, 5.74) is -0.852. The zero-order valence-electron chi connectivity index (χ0n) is 19.1. The Morgan fingerprint density at radius 3 is 2.64 bits per heavy atom. The number of carbonyl (C=O) groups is 2. The van der Waals surface area contributed by atoms with E-state index in [9.17, 15) is 22.8 Å². The number of thiazole rings is 1. The van der Waals surface area contributed by atoms with E-state index in [-0.39, 0.29) is 27.7 Å². The number of carbonyl (C=O) groups excluding carboxylic acids is 2. The molecule has 0 bridgehead atoms. The van der Waals surface area contributed by atoms with Crippen LogP contribution in [-0.4, -0.2) is 40.6 Å². The number of anilines is 1. The van der Waals surface area contributed by atoms with Gasteiger partial charge in [-0.2, -0.15) is 13.2 Å². The van der Waals surface area contributed by atoms with Gasteiger partial charge < -0.3 is 15.5 Å². The van der Waals surface area contributed by atoms with Crippen LogP contribution in [0.2, 0.25) is 5.02 Å². The summed E-state index contributed by atoms with van der Waals surface area (Å²) < 4.78 is 39.1. The molecule has 7 nitrogen and oxygen atoms in total. The lowest BCUT2D eigenvalue weighted by molar-refractivity contribution is -0.137. The molecule has 1 saturated heterocycles. The highest BCUT2D eigenvalue weighted by Gasteiger charge is 2.33. The molecule has 192 valence electrons. The standard InChI is InChI=1S/C23H22Cl2F3N5O2S/c1-3-29-20(33-8-4-5-9-33)19(25)13(2)21(34)31-12-18-30-11-17(36-18)22(35)32-14-6-7-16(24)15(10-14)23(26,27)28/h3,6-7,10-11H,1,4-5,8-9,12H2,2H3,(H,31,34)(H,32,35)/b19-13-,29-20?. The second-order valence-electron chi connectivity index (χ2n) is 7.72. The third-order valence-electron chi connectivity index (χ3n) is 5.19. The maximum absolute atomic E-state index is 13.0. The molecule has 2 N–H and O–H groups in total. The smallest absolute Gasteiger partial charge is 0.355 e. The Balaban J connectivity index is 1.63. The minimum Gasteiger partial charge on any atom is -0.355 e. The van der Waals surface area contributed by atoms with Crippen LogP contribution >= 0.6 is 34.5 Å². The quantitative estimate of drug-likeness (QED) is 0.253. The number of amidine groups is 1. The Kier molecular flexibility index (Phi) is 9.15. The molecule has 2 aromatic rings. The van der Waals surface area contributed by atoms with Crippen LogP contribution in [0.15, 0.2) is 52.8 Å². The zero-order chi connectivity index (χ0) is 26.5. The molecule has 0 aliphatic carbocycles. The Labute approximate surface area is 219 Å². The summed E-state index contributed by atoms with van der Waals surface area (Å²) in [6.07, 6.45) is 0.00727. The van der Waals surface area contributed by atoms with Crippen molar-refractivity contribution >= 4 is 57.9 Å². The Morgan fingerprint density at radius 1 is 1.31 bits per heavy atom. The van der Waals surface area contributed by atoms with Gasteiger partial charge in [0.15, 0.2) is 0 Å². The molecule has 1 aliphatic rings. The summed E-state index contributed by atoms with van der Waals surface area (Å²) in [5, 5.41) is 5.26. The summed E-state index contributed by atoms with van der Waals surface area (Å²) >= 11 is 13.1. The predicted octanol–water partition coefficient (Wildman–Crippen LogP) is 5.83. The molecule has 0 spiro atoms. The average Bonchev–Trinajstić information content (AvgIpc) is 3.53. The highest BCUT2D eigenvalue weighted by molar-refractivity contribution is 7.13. The average molecular weight is 560 g/mol.